The Kier molecular flexibility index (Phi) is 4.91. The first kappa shape index (κ1) is 14.0. The van der Waals surface area contributed by atoms with Gasteiger partial charge in [-0.25, -0.2) is 0 Å². The molecule has 1 aromatic carbocycles. The normalized spacial score (nSPS) is 19.5. The monoisotopic (exact) mass is 264 g/mol. The number of ether oxygens (including phenoxy) is 2. The Labute approximate surface area is 115 Å². The molecule has 0 radical (unpaired) electrons. The van der Waals surface area contributed by atoms with Crippen LogP contribution in [0.4, 0.5) is 11.4 Å². The number of piperidine rings is 1. The third kappa shape index (κ3) is 3.77. The second kappa shape index (κ2) is 6.66. The number of nitrogen functional groups attached to an aromatic ring is 1. The zero-order valence-electron chi connectivity index (χ0n) is 11.9. The zero-order chi connectivity index (χ0) is 13.7. The molecule has 0 bridgehead atoms. The number of hydrogen-bond acceptors (Lipinski definition) is 4. The molecular formula is C15H24N2O2. The van der Waals surface area contributed by atoms with E-state index in [1.165, 1.54) is 0 Å². The fourth-order valence-corrected chi connectivity index (χ4v) is 2.58. The maximum absolute atomic E-state index is 5.95. The maximum atomic E-state index is 5.95. The van der Waals surface area contributed by atoms with Gasteiger partial charge in [-0.1, -0.05) is 0 Å². The second-order valence-corrected chi connectivity index (χ2v) is 4.86. The predicted octanol–water partition coefficient (Wildman–Crippen LogP) is 2.67. The molecule has 0 aliphatic carbocycles. The Morgan fingerprint density at radius 1 is 1.26 bits per heavy atom. The van der Waals surface area contributed by atoms with Crippen molar-refractivity contribution in [3.05, 3.63) is 18.2 Å². The first-order chi connectivity index (χ1) is 9.22. The minimum atomic E-state index is 0.329. The Morgan fingerprint density at radius 3 is 2.84 bits per heavy atom. The average Bonchev–Trinajstić information content (AvgIpc) is 2.39. The molecule has 106 valence electrons. The lowest BCUT2D eigenvalue weighted by Crippen LogP contribution is -2.39. The maximum Gasteiger partial charge on any atom is 0.123 e. The summed E-state index contributed by atoms with van der Waals surface area (Å²) in [6.45, 7) is 7.45. The largest absolute Gasteiger partial charge is 0.494 e. The smallest absolute Gasteiger partial charge is 0.123 e. The molecule has 1 unspecified atom stereocenters. The lowest BCUT2D eigenvalue weighted by molar-refractivity contribution is 0.0526. The Morgan fingerprint density at radius 2 is 2.11 bits per heavy atom. The second-order valence-electron chi connectivity index (χ2n) is 4.86. The minimum absolute atomic E-state index is 0.329. The summed E-state index contributed by atoms with van der Waals surface area (Å²) in [4.78, 5) is 2.34. The summed E-state index contributed by atoms with van der Waals surface area (Å²) >= 11 is 0. The van der Waals surface area contributed by atoms with Crippen molar-refractivity contribution in [3.8, 4) is 5.75 Å². The van der Waals surface area contributed by atoms with Crippen molar-refractivity contribution in [2.75, 3.05) is 36.9 Å². The van der Waals surface area contributed by atoms with Crippen LogP contribution in [0.15, 0.2) is 18.2 Å². The third-order valence-corrected chi connectivity index (χ3v) is 3.37. The van der Waals surface area contributed by atoms with Gasteiger partial charge in [0.1, 0.15) is 5.75 Å². The first-order valence-corrected chi connectivity index (χ1v) is 7.12. The van der Waals surface area contributed by atoms with Gasteiger partial charge in [0.05, 0.1) is 12.7 Å². The van der Waals surface area contributed by atoms with Gasteiger partial charge in [-0.05, 0) is 32.8 Å². The number of nitrogens with zero attached hydrogens (tertiary/aromatic N) is 1. The van der Waals surface area contributed by atoms with E-state index < -0.39 is 0 Å². The summed E-state index contributed by atoms with van der Waals surface area (Å²) in [7, 11) is 0. The first-order valence-electron chi connectivity index (χ1n) is 7.12. The molecule has 1 aliphatic heterocycles. The highest BCUT2D eigenvalue weighted by Gasteiger charge is 2.20. The van der Waals surface area contributed by atoms with Crippen LogP contribution in [0, 0.1) is 0 Å². The minimum Gasteiger partial charge on any atom is -0.494 e. The zero-order valence-corrected chi connectivity index (χ0v) is 11.9. The van der Waals surface area contributed by atoms with Crippen LogP contribution in [-0.2, 0) is 4.74 Å². The molecule has 1 aromatic rings. The Balaban J connectivity index is 2.11. The van der Waals surface area contributed by atoms with Gasteiger partial charge >= 0.3 is 0 Å². The van der Waals surface area contributed by atoms with E-state index in [1.807, 2.05) is 26.0 Å². The standard InChI is InChI=1S/C15H24N2O2/c1-3-18-14-6-5-7-17(11-14)13-8-12(16)9-15(10-13)19-4-2/h8-10,14H,3-7,11,16H2,1-2H3. The van der Waals surface area contributed by atoms with E-state index in [-0.39, 0.29) is 0 Å². The van der Waals surface area contributed by atoms with Crippen LogP contribution in [0.3, 0.4) is 0 Å². The molecule has 1 atom stereocenters. The summed E-state index contributed by atoms with van der Waals surface area (Å²) in [5, 5.41) is 0. The molecule has 0 aromatic heterocycles. The summed E-state index contributed by atoms with van der Waals surface area (Å²) < 4.78 is 11.3. The third-order valence-electron chi connectivity index (χ3n) is 3.37. The molecule has 0 spiro atoms. The molecule has 19 heavy (non-hydrogen) atoms. The molecule has 0 amide bonds. The Bertz CT molecular complexity index is 407. The summed E-state index contributed by atoms with van der Waals surface area (Å²) in [5.41, 5.74) is 7.83. The lowest BCUT2D eigenvalue weighted by Gasteiger charge is -2.34. The van der Waals surface area contributed by atoms with Crippen molar-refractivity contribution in [2.45, 2.75) is 32.8 Å². The van der Waals surface area contributed by atoms with Crippen LogP contribution in [0.2, 0.25) is 0 Å². The number of rotatable bonds is 5. The highest BCUT2D eigenvalue weighted by atomic mass is 16.5. The van der Waals surface area contributed by atoms with Gasteiger partial charge < -0.3 is 20.1 Å². The predicted molar refractivity (Wildman–Crippen MR) is 78.9 cm³/mol. The average molecular weight is 264 g/mol. The van der Waals surface area contributed by atoms with E-state index in [9.17, 15) is 0 Å². The van der Waals surface area contributed by atoms with Crippen molar-refractivity contribution < 1.29 is 9.47 Å². The van der Waals surface area contributed by atoms with Gasteiger partial charge in [0.2, 0.25) is 0 Å². The summed E-state index contributed by atoms with van der Waals surface area (Å²) in [6.07, 6.45) is 2.63. The van der Waals surface area contributed by atoms with Crippen LogP contribution >= 0.6 is 0 Å². The molecule has 4 nitrogen and oxygen atoms in total. The van der Waals surface area contributed by atoms with Crippen molar-refractivity contribution >= 4 is 11.4 Å². The number of hydrogen-bond donors (Lipinski definition) is 1. The summed E-state index contributed by atoms with van der Waals surface area (Å²) in [6, 6.07) is 5.95. The number of benzene rings is 1. The molecule has 1 heterocycles. The van der Waals surface area contributed by atoms with E-state index in [4.69, 9.17) is 15.2 Å². The van der Waals surface area contributed by atoms with Crippen molar-refractivity contribution in [2.24, 2.45) is 0 Å². The number of nitrogens with two attached hydrogens (primary N) is 1. The van der Waals surface area contributed by atoms with Crippen molar-refractivity contribution in [1.82, 2.24) is 0 Å². The molecule has 1 aliphatic rings. The lowest BCUT2D eigenvalue weighted by atomic mass is 10.1. The van der Waals surface area contributed by atoms with Gasteiger partial charge in [-0.3, -0.25) is 0 Å². The Hall–Kier alpha value is -1.42. The van der Waals surface area contributed by atoms with Crippen LogP contribution in [0.5, 0.6) is 5.75 Å². The highest BCUT2D eigenvalue weighted by molar-refractivity contribution is 5.60. The molecule has 4 heteroatoms. The van der Waals surface area contributed by atoms with Crippen LogP contribution in [0.1, 0.15) is 26.7 Å². The molecule has 1 fully saturated rings. The molecule has 2 N–H and O–H groups in total. The van der Waals surface area contributed by atoms with E-state index >= 15 is 0 Å². The van der Waals surface area contributed by atoms with Gasteiger partial charge in [-0.2, -0.15) is 0 Å². The van der Waals surface area contributed by atoms with E-state index in [2.05, 4.69) is 11.0 Å². The van der Waals surface area contributed by atoms with E-state index in [0.717, 1.165) is 49.7 Å². The van der Waals surface area contributed by atoms with Crippen LogP contribution in [-0.4, -0.2) is 32.4 Å². The van der Waals surface area contributed by atoms with Gasteiger partial charge in [0, 0.05) is 43.2 Å². The number of anilines is 2. The highest BCUT2D eigenvalue weighted by Crippen LogP contribution is 2.28. The van der Waals surface area contributed by atoms with Crippen LogP contribution in [0.25, 0.3) is 0 Å². The SMILES string of the molecule is CCOc1cc(N)cc(N2CCCC(OCC)C2)c1. The quantitative estimate of drug-likeness (QED) is 0.831. The van der Waals surface area contributed by atoms with E-state index in [0.29, 0.717) is 12.7 Å². The summed E-state index contributed by atoms with van der Waals surface area (Å²) in [5.74, 6) is 0.844. The van der Waals surface area contributed by atoms with Crippen LogP contribution < -0.4 is 15.4 Å². The molecule has 1 saturated heterocycles. The van der Waals surface area contributed by atoms with Gasteiger partial charge in [0.15, 0.2) is 0 Å². The van der Waals surface area contributed by atoms with Crippen molar-refractivity contribution in [1.29, 1.82) is 0 Å². The molecule has 2 rings (SSSR count). The molecule has 0 saturated carbocycles. The van der Waals surface area contributed by atoms with Crippen molar-refractivity contribution in [3.63, 3.8) is 0 Å². The van der Waals surface area contributed by atoms with Gasteiger partial charge in [0.25, 0.3) is 0 Å². The van der Waals surface area contributed by atoms with E-state index in [1.54, 1.807) is 0 Å². The molecular weight excluding hydrogens is 240 g/mol. The fraction of sp³-hybridized carbons (Fsp3) is 0.600. The topological polar surface area (TPSA) is 47.7 Å². The fourth-order valence-electron chi connectivity index (χ4n) is 2.58. The van der Waals surface area contributed by atoms with Gasteiger partial charge in [-0.15, -0.1) is 0 Å².